The van der Waals surface area contributed by atoms with Gasteiger partial charge in [-0.25, -0.2) is 4.98 Å². The maximum absolute atomic E-state index is 5.91. The molecule has 1 N–H and O–H groups in total. The molecule has 0 unspecified atom stereocenters. The number of hydrogen-bond acceptors (Lipinski definition) is 5. The van der Waals surface area contributed by atoms with Gasteiger partial charge in [0.15, 0.2) is 0 Å². The van der Waals surface area contributed by atoms with Gasteiger partial charge in [0.1, 0.15) is 12.4 Å². The van der Waals surface area contributed by atoms with Crippen LogP contribution < -0.4 is 10.2 Å². The summed E-state index contributed by atoms with van der Waals surface area (Å²) in [6, 6.07) is 25.6. The van der Waals surface area contributed by atoms with Gasteiger partial charge in [-0.2, -0.15) is 5.10 Å². The molecule has 0 saturated heterocycles. The van der Waals surface area contributed by atoms with Gasteiger partial charge < -0.3 is 4.74 Å². The first kappa shape index (κ1) is 20.1. The van der Waals surface area contributed by atoms with Gasteiger partial charge in [0, 0.05) is 16.0 Å². The number of nitrogens with one attached hydrogen (secondary N) is 1. The third kappa shape index (κ3) is 5.26. The molecule has 0 atom stereocenters. The maximum Gasteiger partial charge on any atom is 0.203 e. The van der Waals surface area contributed by atoms with E-state index in [2.05, 4.69) is 15.5 Å². The molecule has 0 radical (unpaired) electrons. The molecule has 4 nitrogen and oxygen atoms in total. The number of nitrogens with zero attached hydrogens (tertiary/aromatic N) is 2. The van der Waals surface area contributed by atoms with Crippen LogP contribution in [-0.4, -0.2) is 10.7 Å². The fourth-order valence-corrected chi connectivity index (χ4v) is 3.59. The van der Waals surface area contributed by atoms with Crippen molar-refractivity contribution >= 4 is 33.8 Å². The van der Waals surface area contributed by atoms with E-state index in [1.165, 1.54) is 11.3 Å². The average Bonchev–Trinajstić information content (AvgIpc) is 3.27. The second-order valence-electron chi connectivity index (χ2n) is 6.65. The molecule has 6 heteroatoms. The minimum atomic E-state index is 0.499. The Balaban J connectivity index is 1.35. The van der Waals surface area contributed by atoms with Crippen molar-refractivity contribution < 1.29 is 4.74 Å². The smallest absolute Gasteiger partial charge is 0.203 e. The van der Waals surface area contributed by atoms with Crippen molar-refractivity contribution in [3.05, 3.63) is 100 Å². The van der Waals surface area contributed by atoms with Crippen molar-refractivity contribution in [1.29, 1.82) is 0 Å². The van der Waals surface area contributed by atoms with Crippen molar-refractivity contribution in [3.63, 3.8) is 0 Å². The van der Waals surface area contributed by atoms with Crippen molar-refractivity contribution in [3.8, 4) is 17.0 Å². The number of halogens is 1. The van der Waals surface area contributed by atoms with Gasteiger partial charge in [0.25, 0.3) is 0 Å². The van der Waals surface area contributed by atoms with Crippen molar-refractivity contribution in [2.24, 2.45) is 5.10 Å². The number of thiazole rings is 1. The molecule has 4 aromatic rings. The molecule has 3 aromatic carbocycles. The van der Waals surface area contributed by atoms with Crippen LogP contribution in [0.25, 0.3) is 11.3 Å². The Morgan fingerprint density at radius 3 is 2.47 bits per heavy atom. The zero-order valence-corrected chi connectivity index (χ0v) is 18.0. The fourth-order valence-electron chi connectivity index (χ4n) is 2.80. The Hall–Kier alpha value is -3.15. The summed E-state index contributed by atoms with van der Waals surface area (Å²) in [5.74, 6) is 0.807. The number of aromatic nitrogens is 1. The van der Waals surface area contributed by atoms with Crippen LogP contribution in [0.2, 0.25) is 5.02 Å². The van der Waals surface area contributed by atoms with Crippen LogP contribution in [0.4, 0.5) is 5.13 Å². The minimum absolute atomic E-state index is 0.499. The predicted molar refractivity (Wildman–Crippen MR) is 126 cm³/mol. The number of benzene rings is 3. The van der Waals surface area contributed by atoms with Crippen LogP contribution in [0.15, 0.2) is 89.3 Å². The number of rotatable bonds is 7. The standard InChI is InChI=1S/C24H20ClN3OS/c1-17(27-28-24-26-23(16-30-24)20-5-3-2-4-6-20)19-9-13-22(14-10-19)29-15-18-7-11-21(25)12-8-18/h2-14,16H,15H2,1H3,(H,26,28)/b27-17-. The normalized spacial score (nSPS) is 11.3. The number of hydrogen-bond donors (Lipinski definition) is 1. The van der Waals surface area contributed by atoms with Crippen LogP contribution in [0.1, 0.15) is 18.1 Å². The lowest BCUT2D eigenvalue weighted by atomic mass is 10.1. The molecule has 0 amide bonds. The van der Waals surface area contributed by atoms with E-state index < -0.39 is 0 Å². The summed E-state index contributed by atoms with van der Waals surface area (Å²) >= 11 is 7.44. The predicted octanol–water partition coefficient (Wildman–Crippen LogP) is 6.88. The van der Waals surface area contributed by atoms with Crippen LogP contribution in [0.3, 0.4) is 0 Å². The van der Waals surface area contributed by atoms with Gasteiger partial charge in [0.05, 0.1) is 11.4 Å². The number of hydrazone groups is 1. The zero-order chi connectivity index (χ0) is 20.8. The van der Waals surface area contributed by atoms with Gasteiger partial charge in [-0.3, -0.25) is 5.43 Å². The Morgan fingerprint density at radius 2 is 1.73 bits per heavy atom. The molecule has 0 aliphatic carbocycles. The molecular formula is C24H20ClN3OS. The number of ether oxygens (including phenoxy) is 1. The highest BCUT2D eigenvalue weighted by Crippen LogP contribution is 2.24. The maximum atomic E-state index is 5.91. The van der Waals surface area contributed by atoms with Crippen LogP contribution in [0, 0.1) is 0 Å². The topological polar surface area (TPSA) is 46.5 Å². The lowest BCUT2D eigenvalue weighted by Crippen LogP contribution is -2.00. The quantitative estimate of drug-likeness (QED) is 0.255. The van der Waals surface area contributed by atoms with Gasteiger partial charge in [0.2, 0.25) is 5.13 Å². The molecule has 30 heavy (non-hydrogen) atoms. The van der Waals surface area contributed by atoms with E-state index >= 15 is 0 Å². The first-order chi connectivity index (χ1) is 14.7. The van der Waals surface area contributed by atoms with Crippen molar-refractivity contribution in [2.75, 3.05) is 5.43 Å². The summed E-state index contributed by atoms with van der Waals surface area (Å²) in [6.45, 7) is 2.46. The highest BCUT2D eigenvalue weighted by molar-refractivity contribution is 7.14. The average molecular weight is 434 g/mol. The van der Waals surface area contributed by atoms with Gasteiger partial charge in [-0.1, -0.05) is 54.1 Å². The van der Waals surface area contributed by atoms with Gasteiger partial charge >= 0.3 is 0 Å². The molecule has 150 valence electrons. The minimum Gasteiger partial charge on any atom is -0.489 e. The number of anilines is 1. The summed E-state index contributed by atoms with van der Waals surface area (Å²) in [6.07, 6.45) is 0. The molecule has 0 bridgehead atoms. The summed E-state index contributed by atoms with van der Waals surface area (Å²) in [7, 11) is 0. The van der Waals surface area contributed by atoms with E-state index in [9.17, 15) is 0 Å². The van der Waals surface area contributed by atoms with Crippen molar-refractivity contribution in [2.45, 2.75) is 13.5 Å². The Kier molecular flexibility index (Phi) is 6.42. The molecule has 0 aliphatic rings. The van der Waals surface area contributed by atoms with Crippen LogP contribution in [-0.2, 0) is 6.61 Å². The van der Waals surface area contributed by atoms with E-state index in [1.807, 2.05) is 91.2 Å². The summed E-state index contributed by atoms with van der Waals surface area (Å²) in [5.41, 5.74) is 8.05. The van der Waals surface area contributed by atoms with E-state index in [4.69, 9.17) is 16.3 Å². The third-order valence-electron chi connectivity index (χ3n) is 4.48. The Labute approximate surface area is 184 Å². The zero-order valence-electron chi connectivity index (χ0n) is 16.4. The van der Waals surface area contributed by atoms with E-state index in [1.54, 1.807) is 0 Å². The van der Waals surface area contributed by atoms with E-state index in [-0.39, 0.29) is 0 Å². The Morgan fingerprint density at radius 1 is 1.00 bits per heavy atom. The second-order valence-corrected chi connectivity index (χ2v) is 7.95. The highest BCUT2D eigenvalue weighted by atomic mass is 35.5. The largest absolute Gasteiger partial charge is 0.489 e. The van der Waals surface area contributed by atoms with E-state index in [0.717, 1.165) is 44.0 Å². The van der Waals surface area contributed by atoms with Gasteiger partial charge in [-0.05, 0) is 54.4 Å². The molecule has 0 saturated carbocycles. The first-order valence-electron chi connectivity index (χ1n) is 9.46. The second kappa shape index (κ2) is 9.57. The molecular weight excluding hydrogens is 414 g/mol. The third-order valence-corrected chi connectivity index (χ3v) is 5.48. The summed E-state index contributed by atoms with van der Waals surface area (Å²) < 4.78 is 5.83. The monoisotopic (exact) mass is 433 g/mol. The lowest BCUT2D eigenvalue weighted by molar-refractivity contribution is 0.306. The summed E-state index contributed by atoms with van der Waals surface area (Å²) in [4.78, 5) is 4.59. The van der Waals surface area contributed by atoms with Crippen molar-refractivity contribution in [1.82, 2.24) is 4.98 Å². The Bertz CT molecular complexity index is 1120. The molecule has 1 heterocycles. The first-order valence-corrected chi connectivity index (χ1v) is 10.7. The van der Waals surface area contributed by atoms with Gasteiger partial charge in [-0.15, -0.1) is 11.3 Å². The molecule has 0 aliphatic heterocycles. The van der Waals surface area contributed by atoms with E-state index in [0.29, 0.717) is 6.61 Å². The van der Waals surface area contributed by atoms with Crippen LogP contribution in [0.5, 0.6) is 5.75 Å². The lowest BCUT2D eigenvalue weighted by Gasteiger charge is -2.08. The molecule has 4 rings (SSSR count). The van der Waals surface area contributed by atoms with Crippen LogP contribution >= 0.6 is 22.9 Å². The fraction of sp³-hybridized carbons (Fsp3) is 0.0833. The molecule has 1 aromatic heterocycles. The molecule has 0 fully saturated rings. The summed E-state index contributed by atoms with van der Waals surface area (Å²) in [5, 5.41) is 7.97. The highest BCUT2D eigenvalue weighted by Gasteiger charge is 2.04. The molecule has 0 spiro atoms. The SMILES string of the molecule is C/C(=N/Nc1nc(-c2ccccc2)cs1)c1ccc(OCc2ccc(Cl)cc2)cc1.